The second kappa shape index (κ2) is 6.31. The van der Waals surface area contributed by atoms with Gasteiger partial charge in [0.15, 0.2) is 0 Å². The Bertz CT molecular complexity index is 1410. The van der Waals surface area contributed by atoms with Crippen molar-refractivity contribution in [2.75, 3.05) is 5.32 Å². The van der Waals surface area contributed by atoms with Gasteiger partial charge in [-0.2, -0.15) is 0 Å². The first-order valence-electron chi connectivity index (χ1n) is 8.96. The number of aromatic amines is 2. The van der Waals surface area contributed by atoms with Crippen LogP contribution in [-0.2, 0) is 11.8 Å². The van der Waals surface area contributed by atoms with E-state index in [4.69, 9.17) is 0 Å². The maximum Gasteiger partial charge on any atom is 0.329 e. The van der Waals surface area contributed by atoms with Gasteiger partial charge in [-0.3, -0.25) is 19.1 Å². The number of halogens is 1. The van der Waals surface area contributed by atoms with Crippen molar-refractivity contribution < 1.29 is 4.79 Å². The second-order valence-corrected chi connectivity index (χ2v) is 7.89. The zero-order chi connectivity index (χ0) is 20.3. The fraction of sp³-hybridized carbons (Fsp3) is 0.0952. The van der Waals surface area contributed by atoms with E-state index in [1.807, 2.05) is 48.5 Å². The fourth-order valence-corrected chi connectivity index (χ4v) is 4.22. The first-order chi connectivity index (χ1) is 14.0. The Balaban J connectivity index is 1.91. The molecular formula is C21H15BrN4O3. The van der Waals surface area contributed by atoms with Crippen molar-refractivity contribution in [2.45, 2.75) is 5.92 Å². The van der Waals surface area contributed by atoms with Crippen LogP contribution in [0, 0.1) is 0 Å². The van der Waals surface area contributed by atoms with E-state index in [9.17, 15) is 14.4 Å². The monoisotopic (exact) mass is 450 g/mol. The summed E-state index contributed by atoms with van der Waals surface area (Å²) in [6.07, 6.45) is 0. The number of carbonyl (C=O) groups is 1. The van der Waals surface area contributed by atoms with E-state index in [1.165, 1.54) is 4.57 Å². The molecule has 3 N–H and O–H groups in total. The number of rotatable bonds is 2. The van der Waals surface area contributed by atoms with E-state index < -0.39 is 17.2 Å². The molecule has 8 heteroatoms. The number of hydrogen-bond donors (Lipinski definition) is 3. The molecule has 0 bridgehead atoms. The zero-order valence-electron chi connectivity index (χ0n) is 15.2. The number of aryl methyl sites for hydroxylation is 1. The normalized spacial score (nSPS) is 15.5. The molecule has 29 heavy (non-hydrogen) atoms. The van der Waals surface area contributed by atoms with Crippen molar-refractivity contribution in [3.63, 3.8) is 0 Å². The molecule has 0 saturated carbocycles. The predicted octanol–water partition coefficient (Wildman–Crippen LogP) is 3.07. The van der Waals surface area contributed by atoms with Crippen LogP contribution in [0.1, 0.15) is 17.0 Å². The van der Waals surface area contributed by atoms with Crippen LogP contribution in [0.25, 0.3) is 22.3 Å². The highest BCUT2D eigenvalue weighted by Gasteiger charge is 2.37. The van der Waals surface area contributed by atoms with Crippen molar-refractivity contribution in [2.24, 2.45) is 7.05 Å². The molecule has 0 fully saturated rings. The fourth-order valence-electron chi connectivity index (χ4n) is 3.96. The van der Waals surface area contributed by atoms with E-state index in [1.54, 1.807) is 7.05 Å². The standard InChI is InChI=1S/C21H15BrN4O3/c1-26-18-16(20(28)25-21(26)29)15(17(24-18)10-6-8-11(22)9-7-10)14-12-4-2-3-5-13(12)23-19(14)27/h2-9,14,24H,1H3,(H,23,27)(H,25,28,29). The number of fused-ring (bicyclic) bond motifs is 2. The Labute approximate surface area is 172 Å². The summed E-state index contributed by atoms with van der Waals surface area (Å²) in [7, 11) is 1.58. The lowest BCUT2D eigenvalue weighted by Crippen LogP contribution is -2.28. The van der Waals surface area contributed by atoms with Crippen LogP contribution >= 0.6 is 15.9 Å². The van der Waals surface area contributed by atoms with E-state index in [0.29, 0.717) is 22.3 Å². The van der Waals surface area contributed by atoms with Crippen LogP contribution in [-0.4, -0.2) is 20.4 Å². The van der Waals surface area contributed by atoms with Crippen LogP contribution in [0.3, 0.4) is 0 Å². The van der Waals surface area contributed by atoms with Crippen molar-refractivity contribution in [1.29, 1.82) is 0 Å². The first kappa shape index (κ1) is 17.7. The number of carbonyl (C=O) groups excluding carboxylic acids is 1. The Morgan fingerprint density at radius 1 is 0.966 bits per heavy atom. The van der Waals surface area contributed by atoms with Gasteiger partial charge in [-0.1, -0.05) is 46.3 Å². The molecule has 1 unspecified atom stereocenters. The van der Waals surface area contributed by atoms with E-state index in [2.05, 4.69) is 31.2 Å². The molecule has 0 saturated heterocycles. The molecule has 1 amide bonds. The molecule has 3 heterocycles. The first-order valence-corrected chi connectivity index (χ1v) is 9.75. The van der Waals surface area contributed by atoms with Gasteiger partial charge in [-0.25, -0.2) is 4.79 Å². The van der Waals surface area contributed by atoms with Gasteiger partial charge in [0.1, 0.15) is 5.65 Å². The molecule has 2 aromatic heterocycles. The van der Waals surface area contributed by atoms with E-state index >= 15 is 0 Å². The lowest BCUT2D eigenvalue weighted by atomic mass is 9.89. The largest absolute Gasteiger partial charge is 0.340 e. The SMILES string of the molecule is Cn1c(=O)[nH]c(=O)c2c(C3C(=O)Nc4ccccc43)c(-c3ccc(Br)cc3)[nH]c21. The molecule has 0 spiro atoms. The number of H-pyrrole nitrogens is 2. The highest BCUT2D eigenvalue weighted by atomic mass is 79.9. The minimum atomic E-state index is -0.669. The molecule has 0 aliphatic carbocycles. The van der Waals surface area contributed by atoms with E-state index in [-0.39, 0.29) is 5.91 Å². The third-order valence-electron chi connectivity index (χ3n) is 5.32. The van der Waals surface area contributed by atoms with Crippen LogP contribution in [0.15, 0.2) is 62.6 Å². The number of benzene rings is 2. The minimum Gasteiger partial charge on any atom is -0.340 e. The lowest BCUT2D eigenvalue weighted by molar-refractivity contribution is -0.116. The number of aromatic nitrogens is 3. The number of nitrogens with one attached hydrogen (secondary N) is 3. The molecule has 7 nitrogen and oxygen atoms in total. The molecular weight excluding hydrogens is 436 g/mol. The topological polar surface area (TPSA) is 99.8 Å². The van der Waals surface area contributed by atoms with Crippen LogP contribution < -0.4 is 16.6 Å². The van der Waals surface area contributed by atoms with Gasteiger partial charge >= 0.3 is 5.69 Å². The summed E-state index contributed by atoms with van der Waals surface area (Å²) in [5.74, 6) is -0.879. The highest BCUT2D eigenvalue weighted by molar-refractivity contribution is 9.10. The number of nitrogens with zero attached hydrogens (tertiary/aromatic N) is 1. The van der Waals surface area contributed by atoms with Crippen molar-refractivity contribution in [1.82, 2.24) is 14.5 Å². The molecule has 0 radical (unpaired) electrons. The summed E-state index contributed by atoms with van der Waals surface area (Å²) in [5.41, 5.74) is 2.86. The summed E-state index contributed by atoms with van der Waals surface area (Å²) < 4.78 is 2.26. The number of para-hydroxylation sites is 1. The van der Waals surface area contributed by atoms with Gasteiger partial charge in [0, 0.05) is 22.8 Å². The van der Waals surface area contributed by atoms with E-state index in [0.717, 1.165) is 21.3 Å². The minimum absolute atomic E-state index is 0.210. The highest BCUT2D eigenvalue weighted by Crippen LogP contribution is 2.43. The van der Waals surface area contributed by atoms with Gasteiger partial charge in [0.25, 0.3) is 5.56 Å². The quantitative estimate of drug-likeness (QED) is 0.437. The average molecular weight is 451 g/mol. The summed E-state index contributed by atoms with van der Waals surface area (Å²) in [5, 5.41) is 3.20. The summed E-state index contributed by atoms with van der Waals surface area (Å²) >= 11 is 3.43. The van der Waals surface area contributed by atoms with Crippen LogP contribution in [0.2, 0.25) is 0 Å². The smallest absolute Gasteiger partial charge is 0.329 e. The molecule has 1 aliphatic heterocycles. The van der Waals surface area contributed by atoms with Crippen molar-refractivity contribution in [3.05, 3.63) is 85.0 Å². The predicted molar refractivity (Wildman–Crippen MR) is 114 cm³/mol. The number of anilines is 1. The van der Waals surface area contributed by atoms with Crippen LogP contribution in [0.5, 0.6) is 0 Å². The number of amides is 1. The molecule has 4 aromatic rings. The van der Waals surface area contributed by atoms with Gasteiger partial charge in [-0.15, -0.1) is 0 Å². The molecule has 2 aromatic carbocycles. The van der Waals surface area contributed by atoms with Gasteiger partial charge in [0.2, 0.25) is 5.91 Å². The molecule has 1 aliphatic rings. The zero-order valence-corrected chi connectivity index (χ0v) is 16.8. The second-order valence-electron chi connectivity index (χ2n) is 6.97. The van der Waals surface area contributed by atoms with Gasteiger partial charge in [-0.05, 0) is 29.3 Å². The molecule has 5 rings (SSSR count). The van der Waals surface area contributed by atoms with Crippen LogP contribution in [0.4, 0.5) is 5.69 Å². The third-order valence-corrected chi connectivity index (χ3v) is 5.85. The lowest BCUT2D eigenvalue weighted by Gasteiger charge is -2.11. The van der Waals surface area contributed by atoms with Gasteiger partial charge < -0.3 is 10.3 Å². The summed E-state index contributed by atoms with van der Waals surface area (Å²) in [6, 6.07) is 15.0. The van der Waals surface area contributed by atoms with Crippen molar-refractivity contribution >= 4 is 38.6 Å². The Hall–Kier alpha value is -3.39. The maximum atomic E-state index is 13.0. The maximum absolute atomic E-state index is 13.0. The summed E-state index contributed by atoms with van der Waals surface area (Å²) in [6.45, 7) is 0. The Kier molecular flexibility index (Phi) is 3.85. The average Bonchev–Trinajstić information content (AvgIpc) is 3.24. The van der Waals surface area contributed by atoms with Crippen molar-refractivity contribution in [3.8, 4) is 11.3 Å². The number of hydrogen-bond acceptors (Lipinski definition) is 3. The summed E-state index contributed by atoms with van der Waals surface area (Å²) in [4.78, 5) is 43.5. The Morgan fingerprint density at radius 2 is 1.69 bits per heavy atom. The Morgan fingerprint density at radius 3 is 2.45 bits per heavy atom. The third kappa shape index (κ3) is 2.60. The van der Waals surface area contributed by atoms with Gasteiger partial charge in [0.05, 0.1) is 17.0 Å². The molecule has 144 valence electrons. The molecule has 1 atom stereocenters.